The predicted molar refractivity (Wildman–Crippen MR) is 45.4 cm³/mol. The van der Waals surface area contributed by atoms with Crippen molar-refractivity contribution in [3.05, 3.63) is 24.5 Å². The number of hydrogen-bond acceptors (Lipinski definition) is 1. The monoisotopic (exact) mass is 153 g/mol. The fourth-order valence-electron chi connectivity index (χ4n) is 1.10. The highest BCUT2D eigenvalue weighted by Gasteiger charge is 1.88. The fraction of sp³-hybridized carbons (Fsp3) is 0.556. The normalized spacial score (nSPS) is 10.3. The van der Waals surface area contributed by atoms with E-state index < -0.39 is 0 Å². The first kappa shape index (κ1) is 8.34. The highest BCUT2D eigenvalue weighted by molar-refractivity contribution is 4.89. The molecule has 0 aliphatic heterocycles. The van der Waals surface area contributed by atoms with Crippen molar-refractivity contribution in [3.8, 4) is 0 Å². The molecule has 62 valence electrons. The van der Waals surface area contributed by atoms with Gasteiger partial charge in [0.25, 0.3) is 0 Å². The van der Waals surface area contributed by atoms with Crippen molar-refractivity contribution in [2.45, 2.75) is 25.8 Å². The van der Waals surface area contributed by atoms with Gasteiger partial charge in [0.05, 0.1) is 0 Å². The molecule has 0 aliphatic rings. The Morgan fingerprint density at radius 1 is 1.00 bits per heavy atom. The Kier molecular flexibility index (Phi) is 3.76. The fourth-order valence-corrected chi connectivity index (χ4v) is 1.10. The molecule has 2 nitrogen and oxygen atoms in total. The van der Waals surface area contributed by atoms with Crippen molar-refractivity contribution in [1.82, 2.24) is 4.57 Å². The topological polar surface area (TPSA) is 25.2 Å². The van der Waals surface area contributed by atoms with Gasteiger partial charge >= 0.3 is 0 Å². The molecule has 1 aromatic heterocycles. The van der Waals surface area contributed by atoms with Crippen molar-refractivity contribution in [2.75, 3.05) is 6.61 Å². The molecule has 2 heteroatoms. The molecule has 0 saturated carbocycles. The van der Waals surface area contributed by atoms with E-state index in [1.165, 1.54) is 0 Å². The summed E-state index contributed by atoms with van der Waals surface area (Å²) in [4.78, 5) is 0. The quantitative estimate of drug-likeness (QED) is 0.639. The van der Waals surface area contributed by atoms with Crippen LogP contribution in [-0.2, 0) is 6.54 Å². The van der Waals surface area contributed by atoms with E-state index in [1.54, 1.807) is 0 Å². The van der Waals surface area contributed by atoms with Gasteiger partial charge in [0.2, 0.25) is 0 Å². The van der Waals surface area contributed by atoms with E-state index in [0.29, 0.717) is 6.61 Å². The van der Waals surface area contributed by atoms with Crippen LogP contribution in [0.4, 0.5) is 0 Å². The Morgan fingerprint density at radius 3 is 2.36 bits per heavy atom. The number of hydrogen-bond donors (Lipinski definition) is 1. The summed E-state index contributed by atoms with van der Waals surface area (Å²) >= 11 is 0. The molecular weight excluding hydrogens is 138 g/mol. The molecule has 0 spiro atoms. The van der Waals surface area contributed by atoms with Crippen molar-refractivity contribution in [1.29, 1.82) is 0 Å². The maximum Gasteiger partial charge on any atom is 0.0431 e. The van der Waals surface area contributed by atoms with E-state index >= 15 is 0 Å². The Labute approximate surface area is 67.5 Å². The average molecular weight is 153 g/mol. The SMILES string of the molecule is OCCCCCn1cccc1. The van der Waals surface area contributed by atoms with Crippen LogP contribution in [0.1, 0.15) is 19.3 Å². The first-order valence-electron chi connectivity index (χ1n) is 4.15. The lowest BCUT2D eigenvalue weighted by Crippen LogP contribution is -1.94. The average Bonchev–Trinajstić information content (AvgIpc) is 2.50. The van der Waals surface area contributed by atoms with Crippen LogP contribution in [0.5, 0.6) is 0 Å². The number of nitrogens with zero attached hydrogens (tertiary/aromatic N) is 1. The van der Waals surface area contributed by atoms with E-state index in [2.05, 4.69) is 17.0 Å². The lowest BCUT2D eigenvalue weighted by atomic mass is 10.2. The minimum atomic E-state index is 0.325. The number of aromatic nitrogens is 1. The molecule has 1 heterocycles. The maximum atomic E-state index is 8.52. The van der Waals surface area contributed by atoms with Crippen LogP contribution < -0.4 is 0 Å². The number of aliphatic hydroxyl groups is 1. The zero-order chi connectivity index (χ0) is 7.94. The Bertz CT molecular complexity index is 170. The Balaban J connectivity index is 2.04. The molecule has 1 N–H and O–H groups in total. The summed E-state index contributed by atoms with van der Waals surface area (Å²) in [5.41, 5.74) is 0. The lowest BCUT2D eigenvalue weighted by molar-refractivity contribution is 0.282. The summed E-state index contributed by atoms with van der Waals surface area (Å²) < 4.78 is 2.16. The van der Waals surface area contributed by atoms with Crippen molar-refractivity contribution in [3.63, 3.8) is 0 Å². The van der Waals surface area contributed by atoms with Crippen LogP contribution in [0.25, 0.3) is 0 Å². The number of unbranched alkanes of at least 4 members (excludes halogenated alkanes) is 2. The highest BCUT2D eigenvalue weighted by Crippen LogP contribution is 1.98. The van der Waals surface area contributed by atoms with E-state index in [0.717, 1.165) is 25.8 Å². The number of rotatable bonds is 5. The molecule has 11 heavy (non-hydrogen) atoms. The summed E-state index contributed by atoms with van der Waals surface area (Å²) in [6.07, 6.45) is 7.35. The molecule has 0 unspecified atom stereocenters. The molecule has 1 aromatic rings. The minimum Gasteiger partial charge on any atom is -0.396 e. The van der Waals surface area contributed by atoms with Crippen LogP contribution in [0.15, 0.2) is 24.5 Å². The van der Waals surface area contributed by atoms with Gasteiger partial charge in [-0.2, -0.15) is 0 Å². The molecule has 0 aliphatic carbocycles. The van der Waals surface area contributed by atoms with Gasteiger partial charge in [0.15, 0.2) is 0 Å². The largest absolute Gasteiger partial charge is 0.396 e. The zero-order valence-corrected chi connectivity index (χ0v) is 6.74. The standard InChI is InChI=1S/C9H15NO/c11-9-5-1-2-6-10-7-3-4-8-10/h3-4,7-8,11H,1-2,5-6,9H2. The molecule has 1 rings (SSSR count). The first-order chi connectivity index (χ1) is 5.43. The van der Waals surface area contributed by atoms with Crippen LogP contribution in [-0.4, -0.2) is 16.3 Å². The second kappa shape index (κ2) is 4.97. The third-order valence-corrected chi connectivity index (χ3v) is 1.74. The number of aliphatic hydroxyl groups excluding tert-OH is 1. The summed E-state index contributed by atoms with van der Waals surface area (Å²) in [5, 5.41) is 8.52. The molecule has 0 radical (unpaired) electrons. The van der Waals surface area contributed by atoms with Gasteiger partial charge in [0.1, 0.15) is 0 Å². The second-order valence-electron chi connectivity index (χ2n) is 2.71. The summed E-state index contributed by atoms with van der Waals surface area (Å²) in [6.45, 7) is 1.40. The molecule has 0 amide bonds. The minimum absolute atomic E-state index is 0.325. The van der Waals surface area contributed by atoms with E-state index in [9.17, 15) is 0 Å². The third-order valence-electron chi connectivity index (χ3n) is 1.74. The van der Waals surface area contributed by atoms with Crippen LogP contribution >= 0.6 is 0 Å². The van der Waals surface area contributed by atoms with Gasteiger partial charge in [-0.05, 0) is 31.4 Å². The molecule has 0 atom stereocenters. The van der Waals surface area contributed by atoms with Gasteiger partial charge in [-0.25, -0.2) is 0 Å². The molecule has 0 fully saturated rings. The predicted octanol–water partition coefficient (Wildman–Crippen LogP) is 1.65. The molecule has 0 saturated heterocycles. The van der Waals surface area contributed by atoms with Gasteiger partial charge < -0.3 is 9.67 Å². The molecule has 0 aromatic carbocycles. The Morgan fingerprint density at radius 2 is 1.73 bits per heavy atom. The molecule has 0 bridgehead atoms. The Hall–Kier alpha value is -0.760. The van der Waals surface area contributed by atoms with Crippen molar-refractivity contribution in [2.24, 2.45) is 0 Å². The molecular formula is C9H15NO. The van der Waals surface area contributed by atoms with E-state index in [-0.39, 0.29) is 0 Å². The van der Waals surface area contributed by atoms with E-state index in [4.69, 9.17) is 5.11 Å². The highest BCUT2D eigenvalue weighted by atomic mass is 16.2. The van der Waals surface area contributed by atoms with Gasteiger partial charge in [-0.3, -0.25) is 0 Å². The van der Waals surface area contributed by atoms with Crippen LogP contribution in [0.3, 0.4) is 0 Å². The van der Waals surface area contributed by atoms with Gasteiger partial charge in [-0.1, -0.05) is 0 Å². The van der Waals surface area contributed by atoms with Gasteiger partial charge in [-0.15, -0.1) is 0 Å². The third kappa shape index (κ3) is 3.23. The second-order valence-corrected chi connectivity index (χ2v) is 2.71. The summed E-state index contributed by atoms with van der Waals surface area (Å²) in [6, 6.07) is 4.07. The zero-order valence-electron chi connectivity index (χ0n) is 6.74. The smallest absolute Gasteiger partial charge is 0.0431 e. The summed E-state index contributed by atoms with van der Waals surface area (Å²) in [7, 11) is 0. The number of aryl methyl sites for hydroxylation is 1. The van der Waals surface area contributed by atoms with Crippen LogP contribution in [0.2, 0.25) is 0 Å². The lowest BCUT2D eigenvalue weighted by Gasteiger charge is -2.00. The van der Waals surface area contributed by atoms with Crippen molar-refractivity contribution >= 4 is 0 Å². The summed E-state index contributed by atoms with van der Waals surface area (Å²) in [5.74, 6) is 0. The van der Waals surface area contributed by atoms with E-state index in [1.807, 2.05) is 12.1 Å². The van der Waals surface area contributed by atoms with Crippen LogP contribution in [0, 0.1) is 0 Å². The first-order valence-corrected chi connectivity index (χ1v) is 4.15. The van der Waals surface area contributed by atoms with Crippen molar-refractivity contribution < 1.29 is 5.11 Å². The van der Waals surface area contributed by atoms with Gasteiger partial charge in [0, 0.05) is 25.5 Å². The maximum absolute atomic E-state index is 8.52.